The molecule has 1 unspecified atom stereocenters. The van der Waals surface area contributed by atoms with Crippen molar-refractivity contribution in [2.45, 2.75) is 50.4 Å². The molecule has 1 saturated carbocycles. The first kappa shape index (κ1) is 28.7. The molecule has 1 fully saturated rings. The van der Waals surface area contributed by atoms with Gasteiger partial charge in [-0.15, -0.1) is 0 Å². The van der Waals surface area contributed by atoms with E-state index in [0.29, 0.717) is 43.6 Å². The number of carboxylic acids is 1. The first-order valence-corrected chi connectivity index (χ1v) is 15.9. The highest BCUT2D eigenvalue weighted by Gasteiger charge is 2.43. The van der Waals surface area contributed by atoms with Crippen molar-refractivity contribution < 1.29 is 27.9 Å². The van der Waals surface area contributed by atoms with Crippen molar-refractivity contribution >= 4 is 39.2 Å². The second-order valence-corrected chi connectivity index (χ2v) is 13.6. The Morgan fingerprint density at radius 2 is 1.98 bits per heavy atom. The fourth-order valence-corrected chi connectivity index (χ4v) is 7.11. The van der Waals surface area contributed by atoms with E-state index < -0.39 is 16.0 Å². The molecule has 3 aliphatic rings. The molecule has 1 amide bonds. The van der Waals surface area contributed by atoms with Crippen molar-refractivity contribution in [3.63, 3.8) is 0 Å². The zero-order chi connectivity index (χ0) is 28.5. The molecule has 5 rings (SSSR count). The van der Waals surface area contributed by atoms with Crippen LogP contribution < -0.4 is 20.1 Å². The number of halogens is 1. The number of nitrogens with zero attached hydrogens (tertiary/aromatic N) is 1. The second-order valence-electron chi connectivity index (χ2n) is 11.4. The number of nitrogens with one attached hydrogen (secondary N) is 1. The van der Waals surface area contributed by atoms with E-state index in [4.69, 9.17) is 21.5 Å². The number of fused-ring (bicyclic) bond motifs is 3. The van der Waals surface area contributed by atoms with Crippen LogP contribution in [0.25, 0.3) is 0 Å². The lowest BCUT2D eigenvalue weighted by atomic mass is 9.69. The zero-order valence-corrected chi connectivity index (χ0v) is 24.0. The summed E-state index contributed by atoms with van der Waals surface area (Å²) >= 11 is 6.34. The lowest BCUT2D eigenvalue weighted by Gasteiger charge is -2.44. The minimum Gasteiger partial charge on any atom is -0.490 e. The van der Waals surface area contributed by atoms with Gasteiger partial charge in [0, 0.05) is 36.5 Å². The summed E-state index contributed by atoms with van der Waals surface area (Å²) in [7, 11) is -3.61. The van der Waals surface area contributed by atoms with Crippen molar-refractivity contribution in [3.05, 3.63) is 58.1 Å². The van der Waals surface area contributed by atoms with Gasteiger partial charge in [0.2, 0.25) is 15.9 Å². The van der Waals surface area contributed by atoms with Gasteiger partial charge in [-0.2, -0.15) is 0 Å². The minimum absolute atomic E-state index is 0.0109. The van der Waals surface area contributed by atoms with Gasteiger partial charge >= 0.3 is 5.97 Å². The van der Waals surface area contributed by atoms with Crippen molar-refractivity contribution in [2.75, 3.05) is 36.9 Å². The molecule has 1 heterocycles. The van der Waals surface area contributed by atoms with Crippen LogP contribution in [-0.4, -0.2) is 57.4 Å². The predicted octanol–water partition coefficient (Wildman–Crippen LogP) is 3.72. The molecule has 1 spiro atoms. The van der Waals surface area contributed by atoms with Gasteiger partial charge in [-0.3, -0.25) is 4.79 Å². The molecule has 2 aromatic carbocycles. The van der Waals surface area contributed by atoms with E-state index in [0.717, 1.165) is 49.4 Å². The number of hydrogen-bond acceptors (Lipinski definition) is 6. The highest BCUT2D eigenvalue weighted by Crippen LogP contribution is 2.46. The number of rotatable bonds is 9. The average Bonchev–Trinajstić information content (AvgIpc) is 3.03. The SMILES string of the molecule is NS(=O)(=O)CCNC(=O)CC[C@@H]1CC[C@H]1CN1CC2(CCCc3cc(Cl)ccc32)COc2ccc(C(=O)O)cc21. The first-order chi connectivity index (χ1) is 19.0. The number of amides is 1. The number of carbonyl (C=O) groups is 2. The lowest BCUT2D eigenvalue weighted by molar-refractivity contribution is -0.121. The average molecular weight is 590 g/mol. The van der Waals surface area contributed by atoms with Crippen LogP contribution in [0.4, 0.5) is 5.69 Å². The Kier molecular flexibility index (Phi) is 8.31. The molecule has 3 atom stereocenters. The molecule has 1 aliphatic heterocycles. The highest BCUT2D eigenvalue weighted by atomic mass is 35.5. The maximum atomic E-state index is 12.3. The Morgan fingerprint density at radius 3 is 2.70 bits per heavy atom. The standard InChI is InChI=1S/C29H36ClN3O6S/c30-23-7-8-24-20(14-23)2-1-11-29(24)17-33(25-15-21(28(35)36)5-9-26(25)39-18-29)16-22-4-3-19(22)6-10-27(34)32-12-13-40(31,37)38/h5,7-9,14-15,19,22H,1-4,6,10-13,16-18H2,(H,32,34)(H,35,36)(H2,31,37,38)/t19-,22-,29?/m0/s1. The maximum absolute atomic E-state index is 12.3. The Labute approximate surface area is 240 Å². The van der Waals surface area contributed by atoms with Gasteiger partial charge < -0.3 is 20.1 Å². The first-order valence-electron chi connectivity index (χ1n) is 13.8. The number of carbonyl (C=O) groups excluding carboxylic acids is 1. The second kappa shape index (κ2) is 11.6. The summed E-state index contributed by atoms with van der Waals surface area (Å²) in [5, 5.41) is 18.1. The summed E-state index contributed by atoms with van der Waals surface area (Å²) in [4.78, 5) is 26.4. The molecule has 0 radical (unpaired) electrons. The topological polar surface area (TPSA) is 139 Å². The molecular weight excluding hydrogens is 554 g/mol. The van der Waals surface area contributed by atoms with Crippen LogP contribution in [0.2, 0.25) is 5.02 Å². The third-order valence-corrected chi connectivity index (χ3v) is 9.77. The van der Waals surface area contributed by atoms with Crippen LogP contribution in [0, 0.1) is 11.8 Å². The fourth-order valence-electron chi connectivity index (χ4n) is 6.53. The molecule has 0 aromatic heterocycles. The number of nitrogens with two attached hydrogens (primary N) is 1. The number of sulfonamides is 1. The Morgan fingerprint density at radius 1 is 1.18 bits per heavy atom. The number of ether oxygens (including phenoxy) is 1. The number of carboxylic acid groups (broad SMARTS) is 1. The third kappa shape index (κ3) is 6.39. The summed E-state index contributed by atoms with van der Waals surface area (Å²) in [5.41, 5.74) is 3.27. The smallest absolute Gasteiger partial charge is 0.335 e. The van der Waals surface area contributed by atoms with Gasteiger partial charge in [-0.1, -0.05) is 17.7 Å². The summed E-state index contributed by atoms with van der Waals surface area (Å²) in [6, 6.07) is 11.2. The quantitative estimate of drug-likeness (QED) is 0.405. The van der Waals surface area contributed by atoms with Crippen molar-refractivity contribution in [3.8, 4) is 5.75 Å². The largest absolute Gasteiger partial charge is 0.490 e. The normalized spacial score (nSPS) is 23.8. The molecule has 4 N–H and O–H groups in total. The minimum atomic E-state index is -3.61. The van der Waals surface area contributed by atoms with Crippen molar-refractivity contribution in [1.29, 1.82) is 0 Å². The van der Waals surface area contributed by atoms with Gasteiger partial charge in [0.1, 0.15) is 5.75 Å². The van der Waals surface area contributed by atoms with Crippen molar-refractivity contribution in [1.82, 2.24) is 5.32 Å². The van der Waals surface area contributed by atoms with Gasteiger partial charge in [0.15, 0.2) is 0 Å². The van der Waals surface area contributed by atoms with E-state index in [-0.39, 0.29) is 29.2 Å². The molecule has 216 valence electrons. The summed E-state index contributed by atoms with van der Waals surface area (Å²) in [6.45, 7) is 1.96. The zero-order valence-electron chi connectivity index (χ0n) is 22.4. The number of aryl methyl sites for hydroxylation is 1. The molecule has 0 bridgehead atoms. The monoisotopic (exact) mass is 589 g/mol. The number of aromatic carboxylic acids is 1. The molecule has 0 saturated heterocycles. The van der Waals surface area contributed by atoms with Crippen LogP contribution in [0.1, 0.15) is 60.0 Å². The molecule has 40 heavy (non-hydrogen) atoms. The highest BCUT2D eigenvalue weighted by molar-refractivity contribution is 7.89. The van der Waals surface area contributed by atoms with E-state index in [1.165, 1.54) is 11.1 Å². The number of primary sulfonamides is 1. The van der Waals surface area contributed by atoms with Crippen LogP contribution in [0.5, 0.6) is 5.75 Å². The van der Waals surface area contributed by atoms with Crippen LogP contribution in [0.15, 0.2) is 36.4 Å². The van der Waals surface area contributed by atoms with Crippen LogP contribution >= 0.6 is 11.6 Å². The number of hydrogen-bond donors (Lipinski definition) is 3. The fraction of sp³-hybridized carbons (Fsp3) is 0.517. The lowest BCUT2D eigenvalue weighted by Crippen LogP contribution is -2.48. The van der Waals surface area contributed by atoms with Crippen molar-refractivity contribution in [2.24, 2.45) is 17.0 Å². The van der Waals surface area contributed by atoms with E-state index in [1.807, 2.05) is 6.07 Å². The molecule has 2 aromatic rings. The molecule has 2 aliphatic carbocycles. The third-order valence-electron chi connectivity index (χ3n) is 8.76. The molecule has 9 nitrogen and oxygen atoms in total. The van der Waals surface area contributed by atoms with E-state index in [2.05, 4.69) is 22.3 Å². The van der Waals surface area contributed by atoms with E-state index >= 15 is 0 Å². The molecule has 11 heteroatoms. The number of benzene rings is 2. The van der Waals surface area contributed by atoms with E-state index in [1.54, 1.807) is 18.2 Å². The Hall–Kier alpha value is -2.82. The van der Waals surface area contributed by atoms with Crippen LogP contribution in [0.3, 0.4) is 0 Å². The van der Waals surface area contributed by atoms with Crippen LogP contribution in [-0.2, 0) is 26.7 Å². The summed E-state index contributed by atoms with van der Waals surface area (Å²) < 4.78 is 28.6. The maximum Gasteiger partial charge on any atom is 0.335 e. The Bertz CT molecular complexity index is 1400. The summed E-state index contributed by atoms with van der Waals surface area (Å²) in [6.07, 6.45) is 6.05. The molecular formula is C29H36ClN3O6S. The van der Waals surface area contributed by atoms with Gasteiger partial charge in [-0.25, -0.2) is 18.4 Å². The van der Waals surface area contributed by atoms with E-state index in [9.17, 15) is 23.1 Å². The van der Waals surface area contributed by atoms with Gasteiger partial charge in [0.05, 0.1) is 23.6 Å². The Balaban J connectivity index is 1.34. The summed E-state index contributed by atoms with van der Waals surface area (Å²) in [5.74, 6) is -0.0428. The predicted molar refractivity (Wildman–Crippen MR) is 154 cm³/mol. The number of anilines is 1. The van der Waals surface area contributed by atoms with Gasteiger partial charge in [0.25, 0.3) is 0 Å². The van der Waals surface area contributed by atoms with Gasteiger partial charge in [-0.05, 0) is 91.8 Å².